The van der Waals surface area contributed by atoms with Crippen molar-refractivity contribution < 1.29 is 4.79 Å². The Bertz CT molecular complexity index is 783. The molecule has 0 atom stereocenters. The molecule has 2 aliphatic heterocycles. The molecule has 2 saturated heterocycles. The van der Waals surface area contributed by atoms with E-state index < -0.39 is 0 Å². The van der Waals surface area contributed by atoms with Crippen LogP contribution in [0.4, 0.5) is 11.5 Å². The summed E-state index contributed by atoms with van der Waals surface area (Å²) in [6.45, 7) is 4.07. The molecular weight excluding hydrogens is 388 g/mol. The lowest BCUT2D eigenvalue weighted by atomic mass is 10.1. The van der Waals surface area contributed by atoms with E-state index in [2.05, 4.69) is 39.3 Å². The Hall–Kier alpha value is -1.70. The van der Waals surface area contributed by atoms with E-state index in [1.54, 1.807) is 6.20 Å². The molecule has 3 heterocycles. The molecule has 2 fully saturated rings. The van der Waals surface area contributed by atoms with Gasteiger partial charge in [-0.15, -0.1) is 23.5 Å². The molecule has 0 bridgehead atoms. The number of anilines is 2. The summed E-state index contributed by atoms with van der Waals surface area (Å²) in [4.78, 5) is 21.7. The van der Waals surface area contributed by atoms with Gasteiger partial charge in [-0.1, -0.05) is 12.1 Å². The maximum Gasteiger partial charge on any atom is 0.255 e. The molecule has 0 radical (unpaired) electrons. The van der Waals surface area contributed by atoms with Crippen LogP contribution in [0, 0.1) is 0 Å². The second-order valence-electron chi connectivity index (χ2n) is 7.20. The number of rotatable bonds is 4. The third-order valence-electron chi connectivity index (χ3n) is 5.11. The molecule has 0 aliphatic carbocycles. The topological polar surface area (TPSA) is 48.5 Å². The largest absolute Gasteiger partial charge is 0.354 e. The molecule has 1 aromatic carbocycles. The zero-order chi connectivity index (χ0) is 19.3. The van der Waals surface area contributed by atoms with Gasteiger partial charge in [0.25, 0.3) is 5.91 Å². The summed E-state index contributed by atoms with van der Waals surface area (Å²) in [5.74, 6) is 3.32. The van der Waals surface area contributed by atoms with Gasteiger partial charge in [0.2, 0.25) is 0 Å². The van der Waals surface area contributed by atoms with Gasteiger partial charge in [0, 0.05) is 31.7 Å². The zero-order valence-electron chi connectivity index (χ0n) is 16.1. The Balaban J connectivity index is 1.35. The Labute approximate surface area is 175 Å². The molecule has 28 heavy (non-hydrogen) atoms. The van der Waals surface area contributed by atoms with Crippen LogP contribution in [0.15, 0.2) is 42.6 Å². The van der Waals surface area contributed by atoms with E-state index >= 15 is 0 Å². The van der Waals surface area contributed by atoms with Crippen molar-refractivity contribution in [3.63, 3.8) is 0 Å². The highest BCUT2D eigenvalue weighted by atomic mass is 32.2. The van der Waals surface area contributed by atoms with E-state index in [0.717, 1.165) is 37.7 Å². The molecular formula is C21H26N4OS2. The third kappa shape index (κ3) is 4.82. The van der Waals surface area contributed by atoms with E-state index in [9.17, 15) is 4.79 Å². The van der Waals surface area contributed by atoms with Crippen LogP contribution >= 0.6 is 23.5 Å². The summed E-state index contributed by atoms with van der Waals surface area (Å²) >= 11 is 3.99. The summed E-state index contributed by atoms with van der Waals surface area (Å²) in [5.41, 5.74) is 2.70. The molecule has 1 N–H and O–H groups in total. The molecule has 2 aromatic rings. The number of carbonyl (C=O) groups excluding carboxylic acids is 1. The van der Waals surface area contributed by atoms with Gasteiger partial charge in [0.15, 0.2) is 0 Å². The van der Waals surface area contributed by atoms with Crippen LogP contribution in [-0.4, -0.2) is 60.5 Å². The van der Waals surface area contributed by atoms with Gasteiger partial charge in [-0.05, 0) is 54.8 Å². The van der Waals surface area contributed by atoms with E-state index in [0.29, 0.717) is 10.1 Å². The summed E-state index contributed by atoms with van der Waals surface area (Å²) < 4.78 is 0.497. The first kappa shape index (κ1) is 19.6. The molecule has 4 rings (SSSR count). The smallest absolute Gasteiger partial charge is 0.255 e. The van der Waals surface area contributed by atoms with E-state index in [4.69, 9.17) is 0 Å². The zero-order valence-corrected chi connectivity index (χ0v) is 17.8. The fraction of sp³-hybridized carbons (Fsp3) is 0.429. The van der Waals surface area contributed by atoms with Crippen molar-refractivity contribution in [2.24, 2.45) is 0 Å². The minimum absolute atomic E-state index is 0.0929. The molecule has 2 aliphatic rings. The fourth-order valence-electron chi connectivity index (χ4n) is 3.36. The van der Waals surface area contributed by atoms with Crippen LogP contribution in [0.1, 0.15) is 26.9 Å². The predicted molar refractivity (Wildman–Crippen MR) is 121 cm³/mol. The average molecular weight is 415 g/mol. The van der Waals surface area contributed by atoms with Crippen molar-refractivity contribution in [3.8, 4) is 0 Å². The lowest BCUT2D eigenvalue weighted by Gasteiger charge is -2.33. The van der Waals surface area contributed by atoms with Crippen LogP contribution in [-0.2, 0) is 0 Å². The molecule has 5 nitrogen and oxygen atoms in total. The maximum absolute atomic E-state index is 12.6. The quantitative estimate of drug-likeness (QED) is 0.817. The van der Waals surface area contributed by atoms with Gasteiger partial charge in [-0.2, -0.15) is 0 Å². The number of carbonyl (C=O) groups is 1. The highest BCUT2D eigenvalue weighted by Crippen LogP contribution is 2.43. The molecule has 0 unspecified atom stereocenters. The normalized spacial score (nSPS) is 18.8. The lowest BCUT2D eigenvalue weighted by Crippen LogP contribution is -2.44. The van der Waals surface area contributed by atoms with Crippen molar-refractivity contribution in [2.45, 2.75) is 11.0 Å². The third-order valence-corrected chi connectivity index (χ3v) is 8.12. The van der Waals surface area contributed by atoms with Gasteiger partial charge in [0.05, 0.1) is 16.5 Å². The summed E-state index contributed by atoms with van der Waals surface area (Å²) in [6, 6.07) is 11.9. The Kier molecular flexibility index (Phi) is 6.44. The Morgan fingerprint density at radius 3 is 2.39 bits per heavy atom. The van der Waals surface area contributed by atoms with Crippen LogP contribution in [0.25, 0.3) is 0 Å². The molecule has 1 aromatic heterocycles. The van der Waals surface area contributed by atoms with Crippen molar-refractivity contribution in [1.29, 1.82) is 0 Å². The number of aromatic nitrogens is 1. The highest BCUT2D eigenvalue weighted by Gasteiger charge is 2.18. The molecule has 0 spiro atoms. The van der Waals surface area contributed by atoms with E-state index in [1.807, 2.05) is 47.8 Å². The second kappa shape index (κ2) is 9.20. The lowest BCUT2D eigenvalue weighted by molar-refractivity contribution is 0.102. The van der Waals surface area contributed by atoms with Crippen molar-refractivity contribution in [1.82, 2.24) is 9.88 Å². The predicted octanol–water partition coefficient (Wildman–Crippen LogP) is 3.95. The number of thioether (sulfide) groups is 2. The number of hydrogen-bond acceptors (Lipinski definition) is 6. The average Bonchev–Trinajstić information content (AvgIpc) is 2.76. The monoisotopic (exact) mass is 414 g/mol. The van der Waals surface area contributed by atoms with E-state index in [-0.39, 0.29) is 5.91 Å². The summed E-state index contributed by atoms with van der Waals surface area (Å²) in [7, 11) is 2.14. The minimum atomic E-state index is -0.0929. The molecule has 7 heteroatoms. The number of nitrogens with zero attached hydrogens (tertiary/aromatic N) is 3. The van der Waals surface area contributed by atoms with Gasteiger partial charge in [-0.3, -0.25) is 4.79 Å². The molecule has 148 valence electrons. The number of amides is 1. The SMILES string of the molecule is CN1CCN(c2ccc(NC(=O)c3ccc(C4SCCCS4)cc3)cn2)CC1. The van der Waals surface area contributed by atoms with E-state index in [1.165, 1.54) is 23.5 Å². The number of hydrogen-bond donors (Lipinski definition) is 1. The van der Waals surface area contributed by atoms with Crippen molar-refractivity contribution in [2.75, 3.05) is 54.9 Å². The summed E-state index contributed by atoms with van der Waals surface area (Å²) in [5, 5.41) is 2.96. The highest BCUT2D eigenvalue weighted by molar-refractivity contribution is 8.16. The number of nitrogens with one attached hydrogen (secondary N) is 1. The first-order valence-electron chi connectivity index (χ1n) is 9.73. The van der Waals surface area contributed by atoms with Crippen molar-refractivity contribution >= 4 is 40.9 Å². The van der Waals surface area contributed by atoms with Gasteiger partial charge < -0.3 is 15.1 Å². The molecule has 0 saturated carbocycles. The summed E-state index contributed by atoms with van der Waals surface area (Å²) in [6.07, 6.45) is 3.03. The second-order valence-corrected chi connectivity index (χ2v) is 9.92. The van der Waals surface area contributed by atoms with Crippen molar-refractivity contribution in [3.05, 3.63) is 53.7 Å². The Morgan fingerprint density at radius 1 is 1.04 bits per heavy atom. The van der Waals surface area contributed by atoms with Crippen LogP contribution < -0.4 is 10.2 Å². The number of benzene rings is 1. The minimum Gasteiger partial charge on any atom is -0.354 e. The number of pyridine rings is 1. The fourth-order valence-corrected chi connectivity index (χ4v) is 6.25. The van der Waals surface area contributed by atoms with Crippen LogP contribution in [0.2, 0.25) is 0 Å². The number of likely N-dealkylation sites (N-methyl/N-ethyl adjacent to an activating group) is 1. The van der Waals surface area contributed by atoms with Crippen LogP contribution in [0.5, 0.6) is 0 Å². The molecule has 1 amide bonds. The Morgan fingerprint density at radius 2 is 1.75 bits per heavy atom. The van der Waals surface area contributed by atoms with Crippen LogP contribution in [0.3, 0.4) is 0 Å². The maximum atomic E-state index is 12.6. The van der Waals surface area contributed by atoms with Gasteiger partial charge in [0.1, 0.15) is 5.82 Å². The first-order chi connectivity index (χ1) is 13.7. The standard InChI is InChI=1S/C21H26N4OS2/c1-24-9-11-25(12-10-24)19-8-7-18(15-22-19)23-20(26)16-3-5-17(6-4-16)21-27-13-2-14-28-21/h3-8,15,21H,2,9-14H2,1H3,(H,23,26). The van der Waals surface area contributed by atoms with Gasteiger partial charge >= 0.3 is 0 Å². The first-order valence-corrected chi connectivity index (χ1v) is 11.8. The van der Waals surface area contributed by atoms with Gasteiger partial charge in [-0.25, -0.2) is 4.98 Å². The number of piperazine rings is 1.